The van der Waals surface area contributed by atoms with Crippen molar-refractivity contribution in [1.82, 2.24) is 9.80 Å². The third kappa shape index (κ3) is 3.85. The lowest BCUT2D eigenvalue weighted by Crippen LogP contribution is -2.49. The molecule has 1 aliphatic rings. The molecule has 1 atom stereocenters. The number of nitriles is 1. The summed E-state index contributed by atoms with van der Waals surface area (Å²) in [6.45, 7) is 7.35. The minimum absolute atomic E-state index is 0.104. The van der Waals surface area contributed by atoms with Gasteiger partial charge in [-0.05, 0) is 19.4 Å². The second kappa shape index (κ2) is 7.28. The minimum Gasteiger partial charge on any atom is -0.301 e. The second-order valence-electron chi connectivity index (χ2n) is 4.24. The van der Waals surface area contributed by atoms with Crippen LogP contribution in [0.5, 0.6) is 0 Å². The van der Waals surface area contributed by atoms with Crippen molar-refractivity contribution >= 4 is 0 Å². The number of hydrogen-bond acceptors (Lipinski definition) is 3. The van der Waals surface area contributed by atoms with Crippen molar-refractivity contribution in [3.8, 4) is 18.4 Å². The van der Waals surface area contributed by atoms with Crippen molar-refractivity contribution in [2.75, 3.05) is 32.7 Å². The molecule has 0 aromatic heterocycles. The van der Waals surface area contributed by atoms with Gasteiger partial charge < -0.3 is 4.90 Å². The first kappa shape index (κ1) is 13.0. The van der Waals surface area contributed by atoms with Crippen molar-refractivity contribution in [1.29, 1.82) is 5.26 Å². The molecule has 0 saturated carbocycles. The van der Waals surface area contributed by atoms with E-state index in [9.17, 15) is 0 Å². The monoisotopic (exact) mass is 219 g/mol. The fraction of sp³-hybridized carbons (Fsp3) is 0.769. The third-order valence-corrected chi connectivity index (χ3v) is 3.18. The zero-order valence-electron chi connectivity index (χ0n) is 10.2. The van der Waals surface area contributed by atoms with Crippen LogP contribution >= 0.6 is 0 Å². The van der Waals surface area contributed by atoms with Crippen LogP contribution in [0.1, 0.15) is 26.2 Å². The van der Waals surface area contributed by atoms with Crippen LogP contribution in [-0.4, -0.2) is 48.6 Å². The van der Waals surface area contributed by atoms with Crippen LogP contribution in [0.3, 0.4) is 0 Å². The molecule has 3 heteroatoms. The highest BCUT2D eigenvalue weighted by atomic mass is 15.3. The lowest BCUT2D eigenvalue weighted by Gasteiger charge is -2.36. The SMILES string of the molecule is C#CCCCN1CCN(C(C#N)CC)CC1. The number of unbranched alkanes of at least 4 members (excludes halogenated alkanes) is 1. The van der Waals surface area contributed by atoms with Gasteiger partial charge in [0.15, 0.2) is 0 Å². The van der Waals surface area contributed by atoms with Gasteiger partial charge in [0.25, 0.3) is 0 Å². The maximum Gasteiger partial charge on any atom is 0.0976 e. The molecule has 0 radical (unpaired) electrons. The van der Waals surface area contributed by atoms with Crippen LogP contribution in [-0.2, 0) is 0 Å². The molecule has 1 unspecified atom stereocenters. The average molecular weight is 219 g/mol. The molecule has 1 heterocycles. The first-order valence-corrected chi connectivity index (χ1v) is 6.11. The van der Waals surface area contributed by atoms with Crippen LogP contribution < -0.4 is 0 Å². The number of piperazine rings is 1. The molecule has 3 nitrogen and oxygen atoms in total. The first-order valence-electron chi connectivity index (χ1n) is 6.11. The zero-order chi connectivity index (χ0) is 11.8. The summed E-state index contributed by atoms with van der Waals surface area (Å²) >= 11 is 0. The van der Waals surface area contributed by atoms with Gasteiger partial charge in [-0.25, -0.2) is 0 Å². The van der Waals surface area contributed by atoms with Gasteiger partial charge in [-0.15, -0.1) is 12.3 Å². The van der Waals surface area contributed by atoms with Crippen molar-refractivity contribution in [2.24, 2.45) is 0 Å². The molecule has 0 aromatic carbocycles. The van der Waals surface area contributed by atoms with Gasteiger partial charge in [-0.2, -0.15) is 5.26 Å². The van der Waals surface area contributed by atoms with Gasteiger partial charge in [0.05, 0.1) is 12.1 Å². The predicted molar refractivity (Wildman–Crippen MR) is 65.8 cm³/mol. The normalized spacial score (nSPS) is 19.9. The van der Waals surface area contributed by atoms with E-state index in [1.165, 1.54) is 0 Å². The molecule has 1 rings (SSSR count). The molecule has 1 aliphatic heterocycles. The van der Waals surface area contributed by atoms with Crippen LogP contribution in [0.4, 0.5) is 0 Å². The van der Waals surface area contributed by atoms with Crippen LogP contribution in [0, 0.1) is 23.7 Å². The van der Waals surface area contributed by atoms with E-state index >= 15 is 0 Å². The van der Waals surface area contributed by atoms with E-state index in [1.54, 1.807) is 0 Å². The minimum atomic E-state index is 0.104. The van der Waals surface area contributed by atoms with Gasteiger partial charge in [0.1, 0.15) is 0 Å². The fourth-order valence-corrected chi connectivity index (χ4v) is 2.13. The summed E-state index contributed by atoms with van der Waals surface area (Å²) in [5.41, 5.74) is 0. The van der Waals surface area contributed by atoms with E-state index in [1.807, 2.05) is 0 Å². The Morgan fingerprint density at radius 3 is 2.50 bits per heavy atom. The van der Waals surface area contributed by atoms with Crippen LogP contribution in [0.2, 0.25) is 0 Å². The number of rotatable bonds is 5. The summed E-state index contributed by atoms with van der Waals surface area (Å²) in [5, 5.41) is 8.99. The molecule has 0 bridgehead atoms. The fourth-order valence-electron chi connectivity index (χ4n) is 2.13. The van der Waals surface area contributed by atoms with Crippen molar-refractivity contribution in [3.63, 3.8) is 0 Å². The van der Waals surface area contributed by atoms with Gasteiger partial charge in [-0.1, -0.05) is 6.92 Å². The predicted octanol–water partition coefficient (Wildman–Crippen LogP) is 1.32. The molecule has 0 aliphatic carbocycles. The Kier molecular flexibility index (Phi) is 5.93. The highest BCUT2D eigenvalue weighted by molar-refractivity contribution is 4.92. The van der Waals surface area contributed by atoms with E-state index in [4.69, 9.17) is 11.7 Å². The lowest BCUT2D eigenvalue weighted by atomic mass is 10.1. The first-order chi connectivity index (χ1) is 7.81. The molecule has 1 fully saturated rings. The quantitative estimate of drug-likeness (QED) is 0.516. The Labute approximate surface area is 99.0 Å². The molecule has 0 N–H and O–H groups in total. The molecular formula is C13H21N3. The summed E-state index contributed by atoms with van der Waals surface area (Å²) in [7, 11) is 0. The van der Waals surface area contributed by atoms with Gasteiger partial charge >= 0.3 is 0 Å². The highest BCUT2D eigenvalue weighted by Crippen LogP contribution is 2.09. The van der Waals surface area contributed by atoms with Gasteiger partial charge in [0.2, 0.25) is 0 Å². The molecule has 16 heavy (non-hydrogen) atoms. The summed E-state index contributed by atoms with van der Waals surface area (Å²) < 4.78 is 0. The van der Waals surface area contributed by atoms with Crippen molar-refractivity contribution in [2.45, 2.75) is 32.2 Å². The second-order valence-corrected chi connectivity index (χ2v) is 4.24. The van der Waals surface area contributed by atoms with E-state index in [0.717, 1.165) is 52.0 Å². The Morgan fingerprint density at radius 1 is 1.31 bits per heavy atom. The van der Waals surface area contributed by atoms with E-state index in [0.29, 0.717) is 0 Å². The molecular weight excluding hydrogens is 198 g/mol. The number of terminal acetylenes is 1. The summed E-state index contributed by atoms with van der Waals surface area (Å²) in [6.07, 6.45) is 8.11. The molecule has 0 amide bonds. The largest absolute Gasteiger partial charge is 0.301 e. The maximum atomic E-state index is 8.99. The summed E-state index contributed by atoms with van der Waals surface area (Å²) in [4.78, 5) is 4.73. The Hall–Kier alpha value is -1.03. The summed E-state index contributed by atoms with van der Waals surface area (Å²) in [6, 6.07) is 2.47. The smallest absolute Gasteiger partial charge is 0.0976 e. The number of nitrogens with zero attached hydrogens (tertiary/aromatic N) is 3. The Balaban J connectivity index is 2.24. The van der Waals surface area contributed by atoms with E-state index < -0.39 is 0 Å². The zero-order valence-corrected chi connectivity index (χ0v) is 10.2. The Morgan fingerprint density at radius 2 is 2.00 bits per heavy atom. The maximum absolute atomic E-state index is 8.99. The van der Waals surface area contributed by atoms with E-state index in [2.05, 4.69) is 28.7 Å². The van der Waals surface area contributed by atoms with Crippen LogP contribution in [0.25, 0.3) is 0 Å². The molecule has 1 saturated heterocycles. The standard InChI is InChI=1S/C13H21N3/c1-3-5-6-7-15-8-10-16(11-9-15)13(4-2)12-14/h1,13H,4-11H2,2H3. The highest BCUT2D eigenvalue weighted by Gasteiger charge is 2.21. The number of hydrogen-bond donors (Lipinski definition) is 0. The average Bonchev–Trinajstić information content (AvgIpc) is 2.33. The molecule has 0 spiro atoms. The van der Waals surface area contributed by atoms with Gasteiger partial charge in [-0.3, -0.25) is 4.90 Å². The van der Waals surface area contributed by atoms with Crippen LogP contribution in [0.15, 0.2) is 0 Å². The van der Waals surface area contributed by atoms with E-state index in [-0.39, 0.29) is 6.04 Å². The topological polar surface area (TPSA) is 30.3 Å². The third-order valence-electron chi connectivity index (χ3n) is 3.18. The van der Waals surface area contributed by atoms with Crippen molar-refractivity contribution in [3.05, 3.63) is 0 Å². The van der Waals surface area contributed by atoms with Gasteiger partial charge in [0, 0.05) is 32.6 Å². The Bertz CT molecular complexity index is 266. The van der Waals surface area contributed by atoms with Crippen molar-refractivity contribution < 1.29 is 0 Å². The lowest BCUT2D eigenvalue weighted by molar-refractivity contribution is 0.112. The molecule has 88 valence electrons. The summed E-state index contributed by atoms with van der Waals surface area (Å²) in [5.74, 6) is 2.67. The molecule has 0 aromatic rings.